The molecule has 1 aromatic heterocycles. The van der Waals surface area contributed by atoms with E-state index in [0.29, 0.717) is 24.9 Å². The average Bonchev–Trinajstić information content (AvgIpc) is 3.12. The number of piperazine rings is 1. The zero-order valence-corrected chi connectivity index (χ0v) is 14.3. The molecule has 1 atom stereocenters. The lowest BCUT2D eigenvalue weighted by molar-refractivity contribution is -0.123. The van der Waals surface area contributed by atoms with Gasteiger partial charge in [-0.25, -0.2) is 0 Å². The lowest BCUT2D eigenvalue weighted by Crippen LogP contribution is -2.51. The first-order valence-corrected chi connectivity index (χ1v) is 9.16. The van der Waals surface area contributed by atoms with Gasteiger partial charge in [0.1, 0.15) is 11.9 Å². The molecule has 2 fully saturated rings. The van der Waals surface area contributed by atoms with E-state index in [1.807, 2.05) is 0 Å². The topological polar surface area (TPSA) is 69.0 Å². The van der Waals surface area contributed by atoms with E-state index in [1.165, 1.54) is 19.3 Å². The minimum absolute atomic E-state index is 0.158. The molecule has 0 radical (unpaired) electrons. The van der Waals surface area contributed by atoms with Crippen LogP contribution in [0.2, 0.25) is 0 Å². The van der Waals surface area contributed by atoms with Gasteiger partial charge in [-0.1, -0.05) is 19.3 Å². The molecule has 1 saturated carbocycles. The van der Waals surface area contributed by atoms with Crippen LogP contribution in [-0.4, -0.2) is 66.1 Å². The quantitative estimate of drug-likeness (QED) is 0.822. The molecule has 6 nitrogen and oxygen atoms in total. The van der Waals surface area contributed by atoms with Crippen molar-refractivity contribution in [2.75, 3.05) is 39.3 Å². The molecule has 0 aromatic carbocycles. The van der Waals surface area contributed by atoms with Crippen LogP contribution < -0.4 is 5.32 Å². The molecule has 134 valence electrons. The molecule has 0 bridgehead atoms. The van der Waals surface area contributed by atoms with Crippen molar-refractivity contribution in [1.29, 1.82) is 0 Å². The predicted octanol–water partition coefficient (Wildman–Crippen LogP) is 1.38. The number of amides is 1. The highest BCUT2D eigenvalue weighted by Crippen LogP contribution is 2.18. The van der Waals surface area contributed by atoms with Crippen molar-refractivity contribution in [3.05, 3.63) is 24.2 Å². The molecular formula is C18H29N3O3. The summed E-state index contributed by atoms with van der Waals surface area (Å²) in [5.74, 6) is 0.773. The van der Waals surface area contributed by atoms with Gasteiger partial charge in [0.25, 0.3) is 0 Å². The summed E-state index contributed by atoms with van der Waals surface area (Å²) in [5.41, 5.74) is 0. The van der Waals surface area contributed by atoms with E-state index in [-0.39, 0.29) is 5.91 Å². The summed E-state index contributed by atoms with van der Waals surface area (Å²) in [6, 6.07) is 3.98. The second-order valence-corrected chi connectivity index (χ2v) is 7.01. The Morgan fingerprint density at radius 1 is 1.21 bits per heavy atom. The Morgan fingerprint density at radius 2 is 1.92 bits per heavy atom. The maximum Gasteiger partial charge on any atom is 0.234 e. The minimum atomic E-state index is -0.582. The first kappa shape index (κ1) is 17.5. The van der Waals surface area contributed by atoms with E-state index < -0.39 is 6.10 Å². The molecule has 1 amide bonds. The summed E-state index contributed by atoms with van der Waals surface area (Å²) in [6.07, 6.45) is 7.04. The number of nitrogens with zero attached hydrogens (tertiary/aromatic N) is 2. The Balaban J connectivity index is 1.35. The molecule has 1 aromatic rings. The highest BCUT2D eigenvalue weighted by molar-refractivity contribution is 5.78. The molecule has 0 spiro atoms. The van der Waals surface area contributed by atoms with Crippen LogP contribution in [0.1, 0.15) is 44.0 Å². The smallest absolute Gasteiger partial charge is 0.234 e. The van der Waals surface area contributed by atoms with E-state index in [0.717, 1.165) is 39.0 Å². The largest absolute Gasteiger partial charge is 0.467 e. The number of rotatable bonds is 6. The summed E-state index contributed by atoms with van der Waals surface area (Å²) in [6.45, 7) is 4.54. The molecule has 6 heteroatoms. The number of aliphatic hydroxyl groups excluding tert-OH is 1. The van der Waals surface area contributed by atoms with Gasteiger partial charge in [-0.05, 0) is 25.0 Å². The monoisotopic (exact) mass is 335 g/mol. The summed E-state index contributed by atoms with van der Waals surface area (Å²) in [7, 11) is 0. The highest BCUT2D eigenvalue weighted by Gasteiger charge is 2.23. The van der Waals surface area contributed by atoms with Gasteiger partial charge in [-0.15, -0.1) is 0 Å². The first-order chi connectivity index (χ1) is 11.7. The van der Waals surface area contributed by atoms with Crippen LogP contribution >= 0.6 is 0 Å². The van der Waals surface area contributed by atoms with E-state index in [1.54, 1.807) is 18.4 Å². The molecule has 2 N–H and O–H groups in total. The number of β-amino-alcohol motifs (C(OH)–C–C–N with tert-alkyl or cyclic N) is 1. The average molecular weight is 335 g/mol. The van der Waals surface area contributed by atoms with E-state index in [2.05, 4.69) is 15.1 Å². The third-order valence-corrected chi connectivity index (χ3v) is 5.11. The van der Waals surface area contributed by atoms with Crippen LogP contribution in [0.4, 0.5) is 0 Å². The third kappa shape index (κ3) is 5.06. The Labute approximate surface area is 143 Å². The predicted molar refractivity (Wildman–Crippen MR) is 91.6 cm³/mol. The minimum Gasteiger partial charge on any atom is -0.467 e. The molecule has 24 heavy (non-hydrogen) atoms. The van der Waals surface area contributed by atoms with Crippen molar-refractivity contribution >= 4 is 5.91 Å². The molecule has 1 aliphatic heterocycles. The lowest BCUT2D eigenvalue weighted by Gasteiger charge is -2.35. The second-order valence-electron chi connectivity index (χ2n) is 7.01. The summed E-state index contributed by atoms with van der Waals surface area (Å²) in [4.78, 5) is 16.6. The molecule has 2 aliphatic rings. The van der Waals surface area contributed by atoms with Gasteiger partial charge in [0.2, 0.25) is 5.91 Å². The highest BCUT2D eigenvalue weighted by atomic mass is 16.4. The van der Waals surface area contributed by atoms with Gasteiger partial charge in [0.05, 0.1) is 12.8 Å². The summed E-state index contributed by atoms with van der Waals surface area (Å²) < 4.78 is 5.24. The van der Waals surface area contributed by atoms with Crippen molar-refractivity contribution in [2.24, 2.45) is 0 Å². The summed E-state index contributed by atoms with van der Waals surface area (Å²) in [5, 5.41) is 13.3. The number of hydrogen-bond acceptors (Lipinski definition) is 5. The van der Waals surface area contributed by atoms with Gasteiger partial charge in [-0.3, -0.25) is 14.6 Å². The standard InChI is InChI=1S/C18H29N3O3/c22-16(17-7-4-12-24-17)13-20-8-10-21(11-9-20)14-18(23)19-15-5-2-1-3-6-15/h4,7,12,15-16,22H,1-3,5-6,8-11,13-14H2,(H,19,23)/t16-/m1/s1. The molecule has 0 unspecified atom stereocenters. The zero-order chi connectivity index (χ0) is 16.8. The zero-order valence-electron chi connectivity index (χ0n) is 14.3. The van der Waals surface area contributed by atoms with Crippen LogP contribution in [0.25, 0.3) is 0 Å². The molecular weight excluding hydrogens is 306 g/mol. The second kappa shape index (κ2) is 8.65. The van der Waals surface area contributed by atoms with Gasteiger partial charge < -0.3 is 14.8 Å². The number of hydrogen-bond donors (Lipinski definition) is 2. The van der Waals surface area contributed by atoms with Gasteiger partial charge >= 0.3 is 0 Å². The van der Waals surface area contributed by atoms with Crippen LogP contribution in [0, 0.1) is 0 Å². The van der Waals surface area contributed by atoms with Crippen LogP contribution in [0.3, 0.4) is 0 Å². The first-order valence-electron chi connectivity index (χ1n) is 9.16. The van der Waals surface area contributed by atoms with Crippen LogP contribution in [0.15, 0.2) is 22.8 Å². The molecule has 1 saturated heterocycles. The number of carbonyl (C=O) groups excluding carboxylic acids is 1. The maximum absolute atomic E-state index is 12.2. The summed E-state index contributed by atoms with van der Waals surface area (Å²) >= 11 is 0. The van der Waals surface area contributed by atoms with Crippen molar-refractivity contribution < 1.29 is 14.3 Å². The fourth-order valence-corrected chi connectivity index (χ4v) is 3.67. The lowest BCUT2D eigenvalue weighted by atomic mass is 9.95. The van der Waals surface area contributed by atoms with Gasteiger partial charge in [-0.2, -0.15) is 0 Å². The van der Waals surface area contributed by atoms with Crippen molar-refractivity contribution in [3.63, 3.8) is 0 Å². The molecule has 3 rings (SSSR count). The maximum atomic E-state index is 12.2. The number of aliphatic hydroxyl groups is 1. The Kier molecular flexibility index (Phi) is 6.29. The Bertz CT molecular complexity index is 492. The van der Waals surface area contributed by atoms with E-state index in [9.17, 15) is 9.90 Å². The van der Waals surface area contributed by atoms with E-state index in [4.69, 9.17) is 4.42 Å². The number of nitrogens with one attached hydrogen (secondary N) is 1. The molecule has 1 aliphatic carbocycles. The van der Waals surface area contributed by atoms with Crippen molar-refractivity contribution in [2.45, 2.75) is 44.2 Å². The third-order valence-electron chi connectivity index (χ3n) is 5.11. The van der Waals surface area contributed by atoms with Crippen LogP contribution in [-0.2, 0) is 4.79 Å². The van der Waals surface area contributed by atoms with E-state index >= 15 is 0 Å². The molecule has 2 heterocycles. The van der Waals surface area contributed by atoms with Gasteiger partial charge in [0.15, 0.2) is 0 Å². The SMILES string of the molecule is O=C(CN1CCN(C[C@@H](O)c2ccco2)CC1)NC1CCCCC1. The van der Waals surface area contributed by atoms with Crippen molar-refractivity contribution in [1.82, 2.24) is 15.1 Å². The number of furan rings is 1. The van der Waals surface area contributed by atoms with Gasteiger partial charge in [0, 0.05) is 38.8 Å². The Morgan fingerprint density at radius 3 is 2.58 bits per heavy atom. The number of carbonyl (C=O) groups is 1. The fraction of sp³-hybridized carbons (Fsp3) is 0.722. The fourth-order valence-electron chi connectivity index (χ4n) is 3.67. The van der Waals surface area contributed by atoms with Crippen molar-refractivity contribution in [3.8, 4) is 0 Å². The van der Waals surface area contributed by atoms with Crippen LogP contribution in [0.5, 0.6) is 0 Å². The normalized spacial score (nSPS) is 22.4. The Hall–Kier alpha value is -1.37.